The molecule has 3 aliphatic heterocycles. The quantitative estimate of drug-likeness (QED) is 0.339. The van der Waals surface area contributed by atoms with Crippen molar-refractivity contribution in [3.05, 3.63) is 52.1 Å². The number of hydrogen-bond acceptors (Lipinski definition) is 7. The van der Waals surface area contributed by atoms with Gasteiger partial charge in [-0.05, 0) is 56.5 Å². The number of nitrogens with zero attached hydrogens (tertiary/aromatic N) is 5. The first-order valence-corrected chi connectivity index (χ1v) is 16.5. The smallest absolute Gasteiger partial charge is 0.318 e. The molecule has 9 heteroatoms. The summed E-state index contributed by atoms with van der Waals surface area (Å²) in [4.78, 5) is 17.4. The molecule has 0 unspecified atom stereocenters. The predicted octanol–water partition coefficient (Wildman–Crippen LogP) is 5.73. The summed E-state index contributed by atoms with van der Waals surface area (Å²) in [7, 11) is 0. The molecule has 3 aromatic rings. The third-order valence-electron chi connectivity index (χ3n) is 9.68. The first-order valence-electron chi connectivity index (χ1n) is 15.7. The van der Waals surface area contributed by atoms with Gasteiger partial charge in [0, 0.05) is 77.9 Å². The fourth-order valence-electron chi connectivity index (χ4n) is 7.20. The number of halogens is 2. The Labute approximate surface area is 256 Å². The van der Waals surface area contributed by atoms with Crippen molar-refractivity contribution in [3.63, 3.8) is 0 Å². The highest BCUT2D eigenvalue weighted by molar-refractivity contribution is 9.10. The summed E-state index contributed by atoms with van der Waals surface area (Å²) in [5.74, 6) is 1.05. The standard InChI is InChI=1S/C33H42BrFN6O/c1-3-25-18-41(16-22(2)36-25)31-26-11-15-40(29-9-5-7-23-6-4-8-27(34)30(23)29)19-28(26)37-32(38-31)42-21-33(12-13-33)20-39-14-10-24(35)17-39/h4-9,22,24-25,36H,3,10-21H2,1-2H3/t22-,24-,25-/m1/s1. The van der Waals surface area contributed by atoms with Crippen LogP contribution in [0.3, 0.4) is 0 Å². The second kappa shape index (κ2) is 11.5. The van der Waals surface area contributed by atoms with Gasteiger partial charge in [0.15, 0.2) is 0 Å². The van der Waals surface area contributed by atoms with Crippen molar-refractivity contribution < 1.29 is 9.13 Å². The number of piperazine rings is 1. The molecule has 0 amide bonds. The fraction of sp³-hybridized carbons (Fsp3) is 0.576. The molecular formula is C33H42BrFN6O. The van der Waals surface area contributed by atoms with Gasteiger partial charge in [0.25, 0.3) is 0 Å². The van der Waals surface area contributed by atoms with Crippen LogP contribution in [0.25, 0.3) is 10.8 Å². The average Bonchev–Trinajstić information content (AvgIpc) is 3.64. The van der Waals surface area contributed by atoms with Crippen molar-refractivity contribution in [2.24, 2.45) is 5.41 Å². The van der Waals surface area contributed by atoms with Crippen molar-refractivity contribution in [2.45, 2.75) is 70.8 Å². The third-order valence-corrected chi connectivity index (χ3v) is 10.3. The molecule has 1 aliphatic carbocycles. The monoisotopic (exact) mass is 636 g/mol. The van der Waals surface area contributed by atoms with Gasteiger partial charge < -0.3 is 19.9 Å². The Morgan fingerprint density at radius 2 is 1.90 bits per heavy atom. The van der Waals surface area contributed by atoms with Crippen LogP contribution in [-0.4, -0.2) is 79.0 Å². The van der Waals surface area contributed by atoms with E-state index < -0.39 is 6.17 Å². The van der Waals surface area contributed by atoms with E-state index in [0.29, 0.717) is 37.7 Å². The second-order valence-electron chi connectivity index (χ2n) is 13.0. The van der Waals surface area contributed by atoms with Gasteiger partial charge in [-0.1, -0.05) is 47.1 Å². The van der Waals surface area contributed by atoms with Crippen LogP contribution >= 0.6 is 15.9 Å². The van der Waals surface area contributed by atoms with Crippen LogP contribution in [0, 0.1) is 5.41 Å². The van der Waals surface area contributed by atoms with E-state index in [-0.39, 0.29) is 5.41 Å². The van der Waals surface area contributed by atoms with E-state index in [1.54, 1.807) is 0 Å². The van der Waals surface area contributed by atoms with Crippen LogP contribution < -0.4 is 19.9 Å². The van der Waals surface area contributed by atoms with Crippen molar-refractivity contribution >= 4 is 38.2 Å². The molecular weight excluding hydrogens is 595 g/mol. The van der Waals surface area contributed by atoms with E-state index in [2.05, 4.69) is 86.2 Å². The molecule has 4 aliphatic rings. The number of aromatic nitrogens is 2. The Balaban J connectivity index is 1.19. The summed E-state index contributed by atoms with van der Waals surface area (Å²) in [5, 5.41) is 6.21. The molecule has 0 spiro atoms. The molecule has 224 valence electrons. The summed E-state index contributed by atoms with van der Waals surface area (Å²) in [5.41, 5.74) is 3.65. The van der Waals surface area contributed by atoms with Gasteiger partial charge in [0.1, 0.15) is 12.0 Å². The molecule has 42 heavy (non-hydrogen) atoms. The number of rotatable bonds is 8. The first kappa shape index (κ1) is 28.3. The van der Waals surface area contributed by atoms with E-state index in [0.717, 1.165) is 80.9 Å². The minimum Gasteiger partial charge on any atom is -0.463 e. The summed E-state index contributed by atoms with van der Waals surface area (Å²) < 4.78 is 21.4. The molecule has 3 fully saturated rings. The Morgan fingerprint density at radius 1 is 1.07 bits per heavy atom. The van der Waals surface area contributed by atoms with Crippen molar-refractivity contribution in [2.75, 3.05) is 55.7 Å². The Bertz CT molecular complexity index is 1440. The maximum atomic E-state index is 13.8. The van der Waals surface area contributed by atoms with Crippen LogP contribution in [0.2, 0.25) is 0 Å². The highest BCUT2D eigenvalue weighted by atomic mass is 79.9. The molecule has 1 saturated carbocycles. The molecule has 7 rings (SSSR count). The van der Waals surface area contributed by atoms with Gasteiger partial charge >= 0.3 is 6.01 Å². The minimum atomic E-state index is -0.688. The lowest BCUT2D eigenvalue weighted by molar-refractivity contribution is 0.164. The van der Waals surface area contributed by atoms with Crippen LogP contribution in [0.1, 0.15) is 50.8 Å². The largest absolute Gasteiger partial charge is 0.463 e. The Kier molecular flexibility index (Phi) is 7.78. The van der Waals surface area contributed by atoms with Gasteiger partial charge in [0.05, 0.1) is 18.8 Å². The van der Waals surface area contributed by atoms with E-state index in [1.807, 2.05) is 0 Å². The van der Waals surface area contributed by atoms with Crippen molar-refractivity contribution in [1.82, 2.24) is 20.2 Å². The molecule has 3 atom stereocenters. The van der Waals surface area contributed by atoms with E-state index in [9.17, 15) is 4.39 Å². The van der Waals surface area contributed by atoms with E-state index in [1.165, 1.54) is 22.0 Å². The SMILES string of the molecule is CC[C@@H]1CN(c2nc(OCC3(CN4CC[C@@H](F)C4)CC3)nc3c2CCN(c2cccc4cccc(Br)c24)C3)C[C@@H](C)N1. The van der Waals surface area contributed by atoms with Gasteiger partial charge in [-0.25, -0.2) is 4.39 Å². The van der Waals surface area contributed by atoms with Crippen LogP contribution in [-0.2, 0) is 13.0 Å². The maximum Gasteiger partial charge on any atom is 0.318 e. The molecule has 0 radical (unpaired) electrons. The number of fused-ring (bicyclic) bond motifs is 2. The lowest BCUT2D eigenvalue weighted by Gasteiger charge is -2.40. The zero-order valence-electron chi connectivity index (χ0n) is 24.8. The molecule has 0 bridgehead atoms. The highest BCUT2D eigenvalue weighted by Gasteiger charge is 2.46. The molecule has 1 N–H and O–H groups in total. The number of benzene rings is 2. The maximum absolute atomic E-state index is 13.8. The van der Waals surface area contributed by atoms with Crippen molar-refractivity contribution in [3.8, 4) is 6.01 Å². The van der Waals surface area contributed by atoms with Crippen molar-refractivity contribution in [1.29, 1.82) is 0 Å². The molecule has 1 aromatic heterocycles. The lowest BCUT2D eigenvalue weighted by Crippen LogP contribution is -2.56. The van der Waals surface area contributed by atoms with Gasteiger partial charge in [-0.15, -0.1) is 0 Å². The Hall–Kier alpha value is -2.49. The first-order chi connectivity index (χ1) is 20.4. The van der Waals surface area contributed by atoms with Crippen LogP contribution in [0.5, 0.6) is 6.01 Å². The lowest BCUT2D eigenvalue weighted by atomic mass is 10.0. The number of ether oxygens (including phenoxy) is 1. The fourth-order valence-corrected chi connectivity index (χ4v) is 7.79. The number of anilines is 2. The number of hydrogen-bond donors (Lipinski definition) is 1. The van der Waals surface area contributed by atoms with Gasteiger partial charge in [-0.2, -0.15) is 9.97 Å². The zero-order valence-corrected chi connectivity index (χ0v) is 26.4. The van der Waals surface area contributed by atoms with E-state index in [4.69, 9.17) is 14.7 Å². The highest BCUT2D eigenvalue weighted by Crippen LogP contribution is 2.47. The summed E-state index contributed by atoms with van der Waals surface area (Å²) in [6.45, 7) is 10.9. The van der Waals surface area contributed by atoms with Gasteiger partial charge in [0.2, 0.25) is 0 Å². The summed E-state index contributed by atoms with van der Waals surface area (Å²) in [6, 6.07) is 14.2. The normalized spacial score (nSPS) is 25.6. The summed E-state index contributed by atoms with van der Waals surface area (Å²) in [6.07, 6.45) is 4.18. The molecule has 7 nitrogen and oxygen atoms in total. The number of likely N-dealkylation sites (tertiary alicyclic amines) is 1. The second-order valence-corrected chi connectivity index (χ2v) is 13.9. The number of alkyl halides is 1. The zero-order chi connectivity index (χ0) is 28.8. The topological polar surface area (TPSA) is 56.8 Å². The molecule has 4 heterocycles. The predicted molar refractivity (Wildman–Crippen MR) is 170 cm³/mol. The summed E-state index contributed by atoms with van der Waals surface area (Å²) >= 11 is 3.81. The van der Waals surface area contributed by atoms with Crippen LogP contribution in [0.4, 0.5) is 15.9 Å². The Morgan fingerprint density at radius 3 is 2.67 bits per heavy atom. The minimum absolute atomic E-state index is 0.0988. The molecule has 2 saturated heterocycles. The molecule has 2 aromatic carbocycles. The average molecular weight is 638 g/mol. The van der Waals surface area contributed by atoms with Gasteiger partial charge in [-0.3, -0.25) is 4.90 Å². The van der Waals surface area contributed by atoms with E-state index >= 15 is 0 Å². The number of nitrogens with one attached hydrogen (secondary N) is 1. The third kappa shape index (κ3) is 5.72. The van der Waals surface area contributed by atoms with Crippen LogP contribution in [0.15, 0.2) is 40.9 Å².